The van der Waals surface area contributed by atoms with Gasteiger partial charge in [0.15, 0.2) is 6.29 Å². The highest BCUT2D eigenvalue weighted by Gasteiger charge is 2.28. The van der Waals surface area contributed by atoms with Gasteiger partial charge in [-0.2, -0.15) is 0 Å². The summed E-state index contributed by atoms with van der Waals surface area (Å²) in [6.07, 6.45) is 2.92. The summed E-state index contributed by atoms with van der Waals surface area (Å²) >= 11 is 0. The lowest BCUT2D eigenvalue weighted by Crippen LogP contribution is -2.48. The van der Waals surface area contributed by atoms with Crippen molar-refractivity contribution in [3.05, 3.63) is 11.8 Å². The Labute approximate surface area is 102 Å². The first-order valence-corrected chi connectivity index (χ1v) is 5.91. The highest BCUT2D eigenvalue weighted by atomic mass is 16.4. The fraction of sp³-hybridized carbons (Fsp3) is 0.667. The summed E-state index contributed by atoms with van der Waals surface area (Å²) in [7, 11) is 1.97. The van der Waals surface area contributed by atoms with Crippen molar-refractivity contribution in [3.63, 3.8) is 0 Å². The maximum atomic E-state index is 11.1. The molecule has 1 rings (SSSR count). The van der Waals surface area contributed by atoms with Gasteiger partial charge in [-0.1, -0.05) is 13.8 Å². The number of rotatable bonds is 5. The summed E-state index contributed by atoms with van der Waals surface area (Å²) in [6.45, 7) is 7.71. The molecule has 0 spiro atoms. The number of aliphatic imine (C=N–C) groups is 1. The van der Waals surface area contributed by atoms with Crippen molar-refractivity contribution >= 4 is 12.2 Å². The molecule has 0 saturated heterocycles. The molecule has 0 radical (unpaired) electrons. The molecule has 0 saturated carbocycles. The summed E-state index contributed by atoms with van der Waals surface area (Å²) in [6, 6.07) is 0. The molecule has 1 aliphatic heterocycles. The molecule has 1 N–H and O–H groups in total. The molecule has 1 unspecified atom stereocenters. The molecule has 0 aromatic carbocycles. The van der Waals surface area contributed by atoms with E-state index in [1.165, 1.54) is 0 Å². The van der Waals surface area contributed by atoms with Gasteiger partial charge in [-0.25, -0.2) is 4.79 Å². The van der Waals surface area contributed by atoms with Crippen molar-refractivity contribution in [3.8, 4) is 0 Å². The quantitative estimate of drug-likeness (QED) is 0.784. The lowest BCUT2D eigenvalue weighted by Gasteiger charge is -2.38. The zero-order valence-electron chi connectivity index (χ0n) is 10.9. The van der Waals surface area contributed by atoms with Crippen LogP contribution in [0.1, 0.15) is 20.8 Å². The van der Waals surface area contributed by atoms with Gasteiger partial charge in [-0.05, 0) is 26.0 Å². The van der Waals surface area contributed by atoms with E-state index in [1.807, 2.05) is 14.0 Å². The van der Waals surface area contributed by atoms with Crippen LogP contribution in [0.15, 0.2) is 16.8 Å². The largest absolute Gasteiger partial charge is 0.477 e. The Hall–Kier alpha value is -1.36. The number of aliphatic carboxylic acids is 1. The number of likely N-dealkylation sites (N-methyl/N-ethyl adjacent to an activating group) is 1. The van der Waals surface area contributed by atoms with Crippen LogP contribution in [0.3, 0.4) is 0 Å². The SMILES string of the molecule is CCN1C(C(=O)O)=CC=NC1N(C)CC(C)C. The lowest BCUT2D eigenvalue weighted by atomic mass is 10.2. The van der Waals surface area contributed by atoms with Gasteiger partial charge in [0.05, 0.1) is 0 Å². The molecule has 0 aromatic rings. The monoisotopic (exact) mass is 239 g/mol. The van der Waals surface area contributed by atoms with E-state index in [9.17, 15) is 4.79 Å². The molecule has 96 valence electrons. The van der Waals surface area contributed by atoms with Gasteiger partial charge >= 0.3 is 5.97 Å². The molecule has 0 bridgehead atoms. The molecule has 1 aliphatic rings. The molecule has 1 atom stereocenters. The van der Waals surface area contributed by atoms with E-state index in [0.717, 1.165) is 6.54 Å². The Bertz CT molecular complexity index is 337. The first-order chi connectivity index (χ1) is 7.97. The van der Waals surface area contributed by atoms with Crippen LogP contribution in [0.4, 0.5) is 0 Å². The van der Waals surface area contributed by atoms with Gasteiger partial charge in [0, 0.05) is 19.3 Å². The molecule has 0 aromatic heterocycles. The fourth-order valence-corrected chi connectivity index (χ4v) is 2.04. The van der Waals surface area contributed by atoms with E-state index in [1.54, 1.807) is 17.2 Å². The van der Waals surface area contributed by atoms with Crippen LogP contribution in [0.25, 0.3) is 0 Å². The zero-order valence-corrected chi connectivity index (χ0v) is 10.9. The molecule has 1 heterocycles. The Balaban J connectivity index is 2.84. The van der Waals surface area contributed by atoms with Gasteiger partial charge in [-0.3, -0.25) is 9.89 Å². The molecule has 0 fully saturated rings. The highest BCUT2D eigenvalue weighted by Crippen LogP contribution is 2.17. The van der Waals surface area contributed by atoms with Crippen LogP contribution in [-0.4, -0.2) is 53.5 Å². The minimum atomic E-state index is -0.902. The van der Waals surface area contributed by atoms with E-state index in [2.05, 4.69) is 23.7 Å². The number of hydrogen-bond donors (Lipinski definition) is 1. The summed E-state index contributed by atoms with van der Waals surface area (Å²) in [4.78, 5) is 19.3. The highest BCUT2D eigenvalue weighted by molar-refractivity contribution is 5.92. The zero-order chi connectivity index (χ0) is 13.0. The Morgan fingerprint density at radius 3 is 2.76 bits per heavy atom. The second-order valence-corrected chi connectivity index (χ2v) is 4.62. The second kappa shape index (κ2) is 5.82. The van der Waals surface area contributed by atoms with Crippen LogP contribution in [0.5, 0.6) is 0 Å². The van der Waals surface area contributed by atoms with Crippen LogP contribution >= 0.6 is 0 Å². The van der Waals surface area contributed by atoms with Crippen molar-refractivity contribution in [1.82, 2.24) is 9.80 Å². The van der Waals surface area contributed by atoms with Crippen molar-refractivity contribution in [2.45, 2.75) is 27.1 Å². The molecular formula is C12H21N3O2. The smallest absolute Gasteiger partial charge is 0.352 e. The molecular weight excluding hydrogens is 218 g/mol. The minimum Gasteiger partial charge on any atom is -0.477 e. The van der Waals surface area contributed by atoms with Gasteiger partial charge in [0.1, 0.15) is 5.70 Å². The van der Waals surface area contributed by atoms with Gasteiger partial charge < -0.3 is 10.0 Å². The molecule has 5 heteroatoms. The van der Waals surface area contributed by atoms with E-state index in [4.69, 9.17) is 5.11 Å². The predicted molar refractivity (Wildman–Crippen MR) is 67.8 cm³/mol. The van der Waals surface area contributed by atoms with Crippen LogP contribution in [-0.2, 0) is 4.79 Å². The van der Waals surface area contributed by atoms with E-state index in [-0.39, 0.29) is 6.29 Å². The summed E-state index contributed by atoms with van der Waals surface area (Å²) in [5.74, 6) is -0.381. The number of hydrogen-bond acceptors (Lipinski definition) is 4. The maximum Gasteiger partial charge on any atom is 0.352 e. The predicted octanol–water partition coefficient (Wildman–Crippen LogP) is 1.23. The van der Waals surface area contributed by atoms with Crippen LogP contribution < -0.4 is 0 Å². The Morgan fingerprint density at radius 2 is 2.29 bits per heavy atom. The summed E-state index contributed by atoms with van der Waals surface area (Å²) < 4.78 is 0. The van der Waals surface area contributed by atoms with Crippen molar-refractivity contribution in [1.29, 1.82) is 0 Å². The number of nitrogens with zero attached hydrogens (tertiary/aromatic N) is 3. The van der Waals surface area contributed by atoms with E-state index < -0.39 is 5.97 Å². The number of carbonyl (C=O) groups is 1. The first kappa shape index (κ1) is 13.7. The normalized spacial score (nSPS) is 20.0. The number of allylic oxidation sites excluding steroid dienone is 1. The van der Waals surface area contributed by atoms with Crippen molar-refractivity contribution in [2.75, 3.05) is 20.1 Å². The topological polar surface area (TPSA) is 56.1 Å². The first-order valence-electron chi connectivity index (χ1n) is 5.91. The standard InChI is InChI=1S/C12H21N3O2/c1-5-15-10(11(16)17)6-7-13-12(15)14(4)8-9(2)3/h6-7,9,12H,5,8H2,1-4H3,(H,16,17). The second-order valence-electron chi connectivity index (χ2n) is 4.62. The Morgan fingerprint density at radius 1 is 1.65 bits per heavy atom. The van der Waals surface area contributed by atoms with E-state index in [0.29, 0.717) is 18.2 Å². The molecule has 0 aliphatic carbocycles. The fourth-order valence-electron chi connectivity index (χ4n) is 2.04. The lowest BCUT2D eigenvalue weighted by molar-refractivity contribution is -0.135. The van der Waals surface area contributed by atoms with Gasteiger partial charge in [-0.15, -0.1) is 0 Å². The average Bonchev–Trinajstić information content (AvgIpc) is 2.26. The maximum absolute atomic E-state index is 11.1. The van der Waals surface area contributed by atoms with E-state index >= 15 is 0 Å². The van der Waals surface area contributed by atoms with Crippen molar-refractivity contribution < 1.29 is 9.90 Å². The third kappa shape index (κ3) is 3.30. The molecule has 5 nitrogen and oxygen atoms in total. The summed E-state index contributed by atoms with van der Waals surface area (Å²) in [5.41, 5.74) is 0.308. The van der Waals surface area contributed by atoms with Crippen molar-refractivity contribution in [2.24, 2.45) is 10.9 Å². The minimum absolute atomic E-state index is 0.210. The third-order valence-electron chi connectivity index (χ3n) is 2.65. The molecule has 17 heavy (non-hydrogen) atoms. The molecule has 0 amide bonds. The van der Waals surface area contributed by atoms with Crippen LogP contribution in [0, 0.1) is 5.92 Å². The number of carboxylic acids is 1. The summed E-state index contributed by atoms with van der Waals surface area (Å²) in [5, 5.41) is 9.13. The third-order valence-corrected chi connectivity index (χ3v) is 2.65. The van der Waals surface area contributed by atoms with Crippen LogP contribution in [0.2, 0.25) is 0 Å². The van der Waals surface area contributed by atoms with Gasteiger partial charge in [0.25, 0.3) is 0 Å². The average molecular weight is 239 g/mol. The Kier molecular flexibility index (Phi) is 4.69. The van der Waals surface area contributed by atoms with Gasteiger partial charge in [0.2, 0.25) is 0 Å². The number of carboxylic acid groups (broad SMARTS) is 1.